The van der Waals surface area contributed by atoms with Crippen molar-refractivity contribution in [3.8, 4) is 0 Å². The quantitative estimate of drug-likeness (QED) is 0.212. The van der Waals surface area contributed by atoms with Crippen LogP contribution < -0.4 is 5.43 Å². The molecule has 540 valence electrons. The van der Waals surface area contributed by atoms with Gasteiger partial charge < -0.3 is 19.3 Å². The van der Waals surface area contributed by atoms with E-state index >= 15 is 0 Å². The molecule has 5 heterocycles. The zero-order chi connectivity index (χ0) is 74.2. The van der Waals surface area contributed by atoms with Gasteiger partial charge in [0.2, 0.25) is 11.8 Å². The van der Waals surface area contributed by atoms with Crippen LogP contribution >= 0.6 is 0 Å². The lowest BCUT2D eigenvalue weighted by Gasteiger charge is -2.44. The Morgan fingerprint density at radius 1 is 0.404 bits per heavy atom. The highest BCUT2D eigenvalue weighted by molar-refractivity contribution is 6.09. The molecule has 0 aliphatic carbocycles. The van der Waals surface area contributed by atoms with E-state index in [2.05, 4.69) is 250 Å². The minimum atomic E-state index is -0.230. The number of nitrogens with zero attached hydrogens (tertiary/aromatic N) is 5. The fourth-order valence-corrected chi connectivity index (χ4v) is 14.7. The second kappa shape index (κ2) is 32.9. The van der Waals surface area contributed by atoms with Gasteiger partial charge in [0.15, 0.2) is 17.0 Å². The van der Waals surface area contributed by atoms with Crippen molar-refractivity contribution in [3.05, 3.63) is 78.1 Å². The predicted molar refractivity (Wildman–Crippen MR) is 402 cm³/mol. The van der Waals surface area contributed by atoms with Crippen molar-refractivity contribution < 1.29 is 24.0 Å². The molecule has 0 radical (unpaired) electrons. The van der Waals surface area contributed by atoms with Crippen molar-refractivity contribution in [2.24, 2.45) is 62.2 Å². The summed E-state index contributed by atoms with van der Waals surface area (Å²) in [6.07, 6.45) is 11.3. The van der Waals surface area contributed by atoms with Gasteiger partial charge in [-0.2, -0.15) is 0 Å². The van der Waals surface area contributed by atoms with Crippen LogP contribution in [0.2, 0.25) is 0 Å². The van der Waals surface area contributed by atoms with Crippen LogP contribution in [-0.4, -0.2) is 100 Å². The minimum Gasteiger partial charge on any atom is -0.376 e. The molecular weight excluding hydrogens is 1160 g/mol. The highest BCUT2D eigenvalue weighted by atomic mass is 16.2. The van der Waals surface area contributed by atoms with Crippen LogP contribution in [0.5, 0.6) is 0 Å². The van der Waals surface area contributed by atoms with Crippen molar-refractivity contribution in [2.75, 3.05) is 46.8 Å². The van der Waals surface area contributed by atoms with E-state index in [9.17, 15) is 28.8 Å². The number of carbonyl (C=O) groups is 5. The number of aromatic nitrogens is 1. The van der Waals surface area contributed by atoms with E-state index in [0.29, 0.717) is 24.5 Å². The molecule has 11 nitrogen and oxygen atoms in total. The van der Waals surface area contributed by atoms with Crippen LogP contribution in [0.1, 0.15) is 317 Å². The fourth-order valence-electron chi connectivity index (χ4n) is 14.7. The van der Waals surface area contributed by atoms with Gasteiger partial charge in [-0.05, 0) is 82.0 Å². The maximum absolute atomic E-state index is 12.9. The van der Waals surface area contributed by atoms with Crippen LogP contribution in [-0.2, 0) is 48.3 Å². The third-order valence-electron chi connectivity index (χ3n) is 18.2. The summed E-state index contributed by atoms with van der Waals surface area (Å²) in [7, 11) is 6.34. The third kappa shape index (κ3) is 23.3. The van der Waals surface area contributed by atoms with Crippen LogP contribution in [0, 0.1) is 55.2 Å². The van der Waals surface area contributed by atoms with Gasteiger partial charge >= 0.3 is 0 Å². The largest absolute Gasteiger partial charge is 0.376 e. The highest BCUT2D eigenvalue weighted by Gasteiger charge is 2.45. The van der Waals surface area contributed by atoms with E-state index in [4.69, 9.17) is 0 Å². The molecular formula is C83H147N5O6. The van der Waals surface area contributed by atoms with Gasteiger partial charge in [0, 0.05) is 145 Å². The van der Waals surface area contributed by atoms with E-state index in [-0.39, 0.29) is 89.1 Å². The Kier molecular flexibility index (Phi) is 30.6. The van der Waals surface area contributed by atoms with E-state index in [1.54, 1.807) is 0 Å². The molecule has 4 aliphatic rings. The van der Waals surface area contributed by atoms with E-state index in [1.807, 2.05) is 38.8 Å². The number of ketones is 2. The standard InChI is InChI=1S/2C17H31NO.C17H29NO.C16H27NO2.C16H29NO/c3*1-9-10-12-11-18(8)15(17(5,6)7)13(14(12)19)16(2,3)4;1-8-9-17-12(18)10-11(15(2,3)4)13(14(17)19)16(5,6)7;1-8-10-17-11-9-12(15(2,3)4)13(14(17)18)16(5,6)7/h2*12H,9-11H2,1-8H3;11H,9-10H2,1-8H3;8-10H2,1-7H3;8-11H2,1-7H3. The molecule has 1 aromatic rings. The molecule has 1 aromatic heterocycles. The average Bonchev–Trinajstić information content (AvgIpc) is 0.797. The molecule has 2 atom stereocenters. The summed E-state index contributed by atoms with van der Waals surface area (Å²) in [6, 6.07) is 0. The number of pyridine rings is 1. The lowest BCUT2D eigenvalue weighted by molar-refractivity contribution is -0.144. The first-order chi connectivity index (χ1) is 42.1. The Labute approximate surface area is 579 Å². The lowest BCUT2D eigenvalue weighted by atomic mass is 9.71. The molecule has 0 N–H and O–H groups in total. The monoisotopic (exact) mass is 1310 g/mol. The molecule has 0 bridgehead atoms. The van der Waals surface area contributed by atoms with Crippen LogP contribution in [0.25, 0.3) is 0 Å². The van der Waals surface area contributed by atoms with Crippen molar-refractivity contribution in [3.63, 3.8) is 0 Å². The number of amides is 3. The number of Topliss-reactive ketones (excluding diaryl/α,β-unsaturated/α-hetero) is 2. The third-order valence-corrected chi connectivity index (χ3v) is 18.2. The van der Waals surface area contributed by atoms with Crippen molar-refractivity contribution >= 4 is 29.3 Å². The smallest absolute Gasteiger partial charge is 0.256 e. The van der Waals surface area contributed by atoms with Gasteiger partial charge in [-0.3, -0.25) is 33.7 Å². The number of hydrogen-bond donors (Lipinski definition) is 0. The lowest BCUT2D eigenvalue weighted by Crippen LogP contribution is -2.46. The van der Waals surface area contributed by atoms with Crippen LogP contribution in [0.4, 0.5) is 0 Å². The second-order valence-corrected chi connectivity index (χ2v) is 38.3. The van der Waals surface area contributed by atoms with Gasteiger partial charge in [-0.1, -0.05) is 267 Å². The number of rotatable bonds is 10. The van der Waals surface area contributed by atoms with E-state index < -0.39 is 0 Å². The maximum Gasteiger partial charge on any atom is 0.256 e. The van der Waals surface area contributed by atoms with Crippen LogP contribution in [0.15, 0.2) is 55.8 Å². The van der Waals surface area contributed by atoms with Gasteiger partial charge in [0.05, 0.1) is 0 Å². The fraction of sp³-hybridized carbons (Fsp3) is 0.783. The molecule has 94 heavy (non-hydrogen) atoms. The van der Waals surface area contributed by atoms with Gasteiger partial charge in [-0.15, -0.1) is 0 Å². The molecule has 0 saturated carbocycles. The molecule has 3 amide bonds. The van der Waals surface area contributed by atoms with Gasteiger partial charge in [0.1, 0.15) is 0 Å². The molecule has 4 aliphatic heterocycles. The molecule has 0 saturated heterocycles. The summed E-state index contributed by atoms with van der Waals surface area (Å²) in [5.74, 6) is 1.25. The normalized spacial score (nSPS) is 18.9. The van der Waals surface area contributed by atoms with Gasteiger partial charge in [0.25, 0.3) is 5.91 Å². The summed E-state index contributed by atoms with van der Waals surface area (Å²) in [4.78, 5) is 84.2. The van der Waals surface area contributed by atoms with E-state index in [1.165, 1.54) is 21.9 Å². The Morgan fingerprint density at radius 2 is 0.777 bits per heavy atom. The molecule has 0 fully saturated rings. The zero-order valence-electron chi connectivity index (χ0n) is 68.5. The topological polar surface area (TPSA) is 120 Å². The Morgan fingerprint density at radius 3 is 1.07 bits per heavy atom. The summed E-state index contributed by atoms with van der Waals surface area (Å²) in [5.41, 5.74) is 11.5. The number of imide groups is 1. The van der Waals surface area contributed by atoms with E-state index in [0.717, 1.165) is 129 Å². The second-order valence-electron chi connectivity index (χ2n) is 38.3. The molecule has 2 unspecified atom stereocenters. The SMILES string of the molecule is CCCC1CN(C)C(C(C)(C)C)=C(C(C)(C)C)C1=O.CCCC1CN(C)C(C(C)(C)C)=C(C(C)(C)C)C1=O.CCCN1C(=O)CC(C(C)(C)C)=C(C(C)(C)C)C1=O.CCCN1CCC(C(C)(C)C)=C(C(C)(C)C)C1=O.CCCc1cn(C)c(C(C)(C)C)c(C(C)(C)C)c1=O. The summed E-state index contributed by atoms with van der Waals surface area (Å²) >= 11 is 0. The minimum absolute atomic E-state index is 0.0181. The highest BCUT2D eigenvalue weighted by Crippen LogP contribution is 2.47. The predicted octanol–water partition coefficient (Wildman–Crippen LogP) is 20.0. The number of hydrogen-bond acceptors (Lipinski definition) is 8. The molecule has 0 spiro atoms. The Balaban J connectivity index is 0.000000588. The zero-order valence-corrected chi connectivity index (χ0v) is 68.5. The first-order valence-corrected chi connectivity index (χ1v) is 36.4. The first-order valence-electron chi connectivity index (χ1n) is 36.4. The van der Waals surface area contributed by atoms with Gasteiger partial charge in [-0.25, -0.2) is 0 Å². The molecule has 5 rings (SSSR count). The van der Waals surface area contributed by atoms with Crippen molar-refractivity contribution in [1.29, 1.82) is 0 Å². The number of allylic oxidation sites excluding steroid dienone is 4. The maximum atomic E-state index is 12.9. The number of aryl methyl sites for hydroxylation is 2. The molecule has 0 aromatic carbocycles. The summed E-state index contributed by atoms with van der Waals surface area (Å²) in [5, 5.41) is 0. The number of carbonyl (C=O) groups excluding carboxylic acids is 5. The Bertz CT molecular complexity index is 2900. The first kappa shape index (κ1) is 87.5. The van der Waals surface area contributed by atoms with Crippen LogP contribution in [0.3, 0.4) is 0 Å². The summed E-state index contributed by atoms with van der Waals surface area (Å²) < 4.78 is 2.16. The van der Waals surface area contributed by atoms with Crippen molar-refractivity contribution in [1.82, 2.24) is 24.2 Å². The van der Waals surface area contributed by atoms with Crippen molar-refractivity contribution in [2.45, 2.75) is 317 Å². The Hall–Kier alpha value is -4.54. The summed E-state index contributed by atoms with van der Waals surface area (Å²) in [6.45, 7) is 79.2. The molecule has 11 heteroatoms. The average molecular weight is 1310 g/mol.